The van der Waals surface area contributed by atoms with Gasteiger partial charge in [0, 0.05) is 27.1 Å². The van der Waals surface area contributed by atoms with E-state index >= 15 is 0 Å². The van der Waals surface area contributed by atoms with Crippen molar-refractivity contribution >= 4 is 46.5 Å². The number of rotatable bonds is 4. The number of halogens is 3. The number of carbonyl (C=O) groups excluding carboxylic acids is 1. The van der Waals surface area contributed by atoms with Crippen molar-refractivity contribution in [3.63, 3.8) is 0 Å². The second-order valence-corrected chi connectivity index (χ2v) is 4.58. The Morgan fingerprint density at radius 3 is 2.65 bits per heavy atom. The topological polar surface area (TPSA) is 45.2 Å². The molecule has 0 saturated carbocycles. The molecule has 0 bridgehead atoms. The summed E-state index contributed by atoms with van der Waals surface area (Å²) in [5.74, 6) is 0.456. The molecule has 0 aromatic carbocycles. The van der Waals surface area contributed by atoms with E-state index in [2.05, 4.69) is 10.3 Å². The molecule has 1 amide bonds. The van der Waals surface area contributed by atoms with Crippen molar-refractivity contribution in [2.24, 2.45) is 0 Å². The molecule has 1 rings (SSSR count). The molecule has 0 aliphatic carbocycles. The molecule has 0 unspecified atom stereocenters. The normalized spacial score (nSPS) is 10.2. The zero-order valence-corrected chi connectivity index (χ0v) is 11.7. The predicted octanol–water partition coefficient (Wildman–Crippen LogP) is 2.61. The van der Waals surface area contributed by atoms with E-state index in [1.807, 2.05) is 0 Å². The minimum Gasteiger partial charge on any atom is -0.359 e. The molecule has 1 heterocycles. The Balaban J connectivity index is 2.78. The number of carbonyl (C=O) groups is 1. The number of amides is 1. The summed E-state index contributed by atoms with van der Waals surface area (Å²) >= 11 is 17.6. The molecule has 7 heteroatoms. The number of aromatic nitrogens is 1. The van der Waals surface area contributed by atoms with Gasteiger partial charge in [-0.15, -0.1) is 0 Å². The van der Waals surface area contributed by atoms with Crippen LogP contribution in [0.5, 0.6) is 0 Å². The van der Waals surface area contributed by atoms with Crippen LogP contribution in [0, 0.1) is 0 Å². The molecule has 1 N–H and O–H groups in total. The summed E-state index contributed by atoms with van der Waals surface area (Å²) in [7, 11) is 3.37. The van der Waals surface area contributed by atoms with Gasteiger partial charge in [-0.3, -0.25) is 4.79 Å². The minimum atomic E-state index is -0.0481. The summed E-state index contributed by atoms with van der Waals surface area (Å²) < 4.78 is 0. The van der Waals surface area contributed by atoms with Gasteiger partial charge in [0.25, 0.3) is 0 Å². The van der Waals surface area contributed by atoms with E-state index in [-0.39, 0.29) is 11.1 Å². The highest BCUT2D eigenvalue weighted by Crippen LogP contribution is 2.30. The van der Waals surface area contributed by atoms with Crippen molar-refractivity contribution in [2.75, 3.05) is 25.5 Å². The fourth-order valence-electron chi connectivity index (χ4n) is 1.20. The van der Waals surface area contributed by atoms with Gasteiger partial charge in [0.1, 0.15) is 11.0 Å². The molecular weight excluding hydrogens is 284 g/mol. The van der Waals surface area contributed by atoms with Gasteiger partial charge in [0.05, 0.1) is 10.0 Å². The number of nitrogens with zero attached hydrogens (tertiary/aromatic N) is 2. The van der Waals surface area contributed by atoms with Gasteiger partial charge in [-0.25, -0.2) is 4.98 Å². The molecular formula is C10H12Cl3N3O. The van der Waals surface area contributed by atoms with Gasteiger partial charge in [-0.2, -0.15) is 0 Å². The van der Waals surface area contributed by atoms with Crippen LogP contribution in [0.1, 0.15) is 6.42 Å². The lowest BCUT2D eigenvalue weighted by atomic mass is 10.3. The lowest BCUT2D eigenvalue weighted by Gasteiger charge is -2.19. The second kappa shape index (κ2) is 6.28. The van der Waals surface area contributed by atoms with Crippen LogP contribution in [0.25, 0.3) is 0 Å². The Kier molecular flexibility index (Phi) is 5.31. The van der Waals surface area contributed by atoms with Gasteiger partial charge in [0.15, 0.2) is 0 Å². The average Bonchev–Trinajstić information content (AvgIpc) is 2.30. The van der Waals surface area contributed by atoms with Crippen LogP contribution in [-0.2, 0) is 4.79 Å². The Morgan fingerprint density at radius 2 is 2.06 bits per heavy atom. The first-order valence-electron chi connectivity index (χ1n) is 4.89. The van der Waals surface area contributed by atoms with Crippen molar-refractivity contribution in [3.8, 4) is 0 Å². The molecule has 17 heavy (non-hydrogen) atoms. The lowest BCUT2D eigenvalue weighted by molar-refractivity contribution is -0.120. The first-order valence-corrected chi connectivity index (χ1v) is 6.02. The predicted molar refractivity (Wildman–Crippen MR) is 71.2 cm³/mol. The maximum Gasteiger partial charge on any atom is 0.221 e. The minimum absolute atomic E-state index is 0.0481. The number of pyridine rings is 1. The number of hydrogen-bond acceptors (Lipinski definition) is 3. The van der Waals surface area contributed by atoms with Crippen molar-refractivity contribution < 1.29 is 4.79 Å². The van der Waals surface area contributed by atoms with Crippen LogP contribution >= 0.6 is 34.8 Å². The lowest BCUT2D eigenvalue weighted by Crippen LogP contribution is -2.27. The molecule has 0 aliphatic rings. The van der Waals surface area contributed by atoms with Gasteiger partial charge < -0.3 is 10.2 Å². The Hall–Kier alpha value is -0.710. The molecule has 1 aromatic heterocycles. The van der Waals surface area contributed by atoms with E-state index in [0.29, 0.717) is 28.8 Å². The molecule has 0 aliphatic heterocycles. The van der Waals surface area contributed by atoms with Crippen molar-refractivity contribution in [1.29, 1.82) is 0 Å². The summed E-state index contributed by atoms with van der Waals surface area (Å²) in [6, 6.07) is 1.53. The van der Waals surface area contributed by atoms with Gasteiger partial charge >= 0.3 is 0 Å². The summed E-state index contributed by atoms with van der Waals surface area (Å²) in [4.78, 5) is 16.9. The highest BCUT2D eigenvalue weighted by atomic mass is 35.5. The quantitative estimate of drug-likeness (QED) is 0.869. The Labute approximate surface area is 115 Å². The van der Waals surface area contributed by atoms with E-state index in [0.717, 1.165) is 0 Å². The third-order valence-electron chi connectivity index (χ3n) is 2.18. The first kappa shape index (κ1) is 14.4. The fourth-order valence-corrected chi connectivity index (χ4v) is 1.84. The van der Waals surface area contributed by atoms with Crippen LogP contribution in [-0.4, -0.2) is 31.5 Å². The second-order valence-electron chi connectivity index (χ2n) is 3.41. The van der Waals surface area contributed by atoms with E-state index < -0.39 is 0 Å². The smallest absolute Gasteiger partial charge is 0.221 e. The van der Waals surface area contributed by atoms with E-state index in [9.17, 15) is 4.79 Å². The molecule has 94 valence electrons. The van der Waals surface area contributed by atoms with Crippen molar-refractivity contribution in [1.82, 2.24) is 10.3 Å². The monoisotopic (exact) mass is 295 g/mol. The molecule has 0 spiro atoms. The van der Waals surface area contributed by atoms with Crippen LogP contribution in [0.4, 0.5) is 5.82 Å². The molecule has 0 atom stereocenters. The average molecular weight is 297 g/mol. The highest BCUT2D eigenvalue weighted by Gasteiger charge is 2.12. The number of nitrogens with one attached hydrogen (secondary N) is 1. The summed E-state index contributed by atoms with van der Waals surface area (Å²) in [5, 5.41) is 3.44. The summed E-state index contributed by atoms with van der Waals surface area (Å²) in [6.45, 7) is 0.490. The zero-order chi connectivity index (χ0) is 13.0. The van der Waals surface area contributed by atoms with Crippen LogP contribution in [0.2, 0.25) is 15.2 Å². The molecule has 0 radical (unpaired) electrons. The first-order chi connectivity index (χ1) is 7.95. The third kappa shape index (κ3) is 3.91. The third-order valence-corrected chi connectivity index (χ3v) is 3.13. The van der Waals surface area contributed by atoms with Crippen molar-refractivity contribution in [2.45, 2.75) is 6.42 Å². The largest absolute Gasteiger partial charge is 0.359 e. The standard InChI is InChI=1S/C10H12Cl3N3O/c1-14-8(17)3-4-16(2)10-7(12)5-6(11)9(13)15-10/h5H,3-4H2,1-2H3,(H,14,17). The van der Waals surface area contributed by atoms with Gasteiger partial charge in [-0.1, -0.05) is 34.8 Å². The Bertz CT molecular complexity index is 426. The fraction of sp³-hybridized carbons (Fsp3) is 0.400. The highest BCUT2D eigenvalue weighted by molar-refractivity contribution is 6.42. The zero-order valence-electron chi connectivity index (χ0n) is 9.43. The Morgan fingerprint density at radius 1 is 1.41 bits per heavy atom. The molecule has 1 aromatic rings. The van der Waals surface area contributed by atoms with Crippen LogP contribution in [0.15, 0.2) is 6.07 Å². The van der Waals surface area contributed by atoms with Crippen LogP contribution < -0.4 is 10.2 Å². The molecule has 0 saturated heterocycles. The van der Waals surface area contributed by atoms with Gasteiger partial charge in [0.2, 0.25) is 5.91 Å². The van der Waals surface area contributed by atoms with Crippen molar-refractivity contribution in [3.05, 3.63) is 21.3 Å². The summed E-state index contributed by atoms with van der Waals surface area (Å²) in [6.07, 6.45) is 0.352. The van der Waals surface area contributed by atoms with Crippen LogP contribution in [0.3, 0.4) is 0 Å². The number of anilines is 1. The maximum atomic E-state index is 11.1. The van der Waals surface area contributed by atoms with E-state index in [1.54, 1.807) is 19.0 Å². The molecule has 4 nitrogen and oxygen atoms in total. The number of hydrogen-bond donors (Lipinski definition) is 1. The van der Waals surface area contributed by atoms with E-state index in [4.69, 9.17) is 34.8 Å². The SMILES string of the molecule is CNC(=O)CCN(C)c1nc(Cl)c(Cl)cc1Cl. The molecule has 0 fully saturated rings. The maximum absolute atomic E-state index is 11.1. The van der Waals surface area contributed by atoms with Gasteiger partial charge in [-0.05, 0) is 6.07 Å². The summed E-state index contributed by atoms with van der Waals surface area (Å²) in [5.41, 5.74) is 0. The van der Waals surface area contributed by atoms with E-state index in [1.165, 1.54) is 6.07 Å².